The van der Waals surface area contributed by atoms with Crippen molar-refractivity contribution in [3.05, 3.63) is 33.3 Å². The van der Waals surface area contributed by atoms with Crippen molar-refractivity contribution in [2.45, 2.75) is 38.9 Å². The van der Waals surface area contributed by atoms with E-state index in [1.165, 1.54) is 18.2 Å². The van der Waals surface area contributed by atoms with E-state index in [1.54, 1.807) is 13.8 Å². The van der Waals surface area contributed by atoms with Gasteiger partial charge in [0.25, 0.3) is 5.91 Å². The van der Waals surface area contributed by atoms with Crippen molar-refractivity contribution in [1.82, 2.24) is 4.90 Å². The smallest absolute Gasteiger partial charge is 0.327 e. The van der Waals surface area contributed by atoms with Crippen molar-refractivity contribution in [2.75, 3.05) is 6.54 Å². The highest BCUT2D eigenvalue weighted by atomic mass is 79.9. The van der Waals surface area contributed by atoms with Gasteiger partial charge in [0, 0.05) is 16.1 Å². The van der Waals surface area contributed by atoms with Crippen LogP contribution in [0.15, 0.2) is 22.7 Å². The third-order valence-electron chi connectivity index (χ3n) is 3.16. The lowest BCUT2D eigenvalue weighted by atomic mass is 10.1. The normalized spacial score (nSPS) is 11.8. The summed E-state index contributed by atoms with van der Waals surface area (Å²) in [6, 6.07) is 3.91. The molecule has 0 aromatic heterocycles. The van der Waals surface area contributed by atoms with E-state index in [0.717, 1.165) is 4.90 Å². The van der Waals surface area contributed by atoms with Crippen molar-refractivity contribution in [3.8, 4) is 0 Å². The van der Waals surface area contributed by atoms with E-state index in [-0.39, 0.29) is 5.56 Å². The quantitative estimate of drug-likeness (QED) is 0.673. The summed E-state index contributed by atoms with van der Waals surface area (Å²) in [4.78, 5) is 13.3. The summed E-state index contributed by atoms with van der Waals surface area (Å²) in [6.45, 7) is 2.28. The van der Waals surface area contributed by atoms with E-state index < -0.39 is 24.7 Å². The Labute approximate surface area is 135 Å². The highest BCUT2D eigenvalue weighted by Crippen LogP contribution is 2.26. The number of carbonyl (C=O) groups is 1. The largest absolute Gasteiger partial charge is 0.406 e. The summed E-state index contributed by atoms with van der Waals surface area (Å²) in [6.07, 6.45) is -3.50. The Hall–Kier alpha value is -0.750. The molecule has 0 aliphatic rings. The van der Waals surface area contributed by atoms with Crippen molar-refractivity contribution in [2.24, 2.45) is 0 Å². The molecule has 0 saturated heterocycles. The fraction of sp³-hybridized carbons (Fsp3) is 0.500. The number of alkyl halides is 3. The molecule has 7 heteroatoms. The number of benzene rings is 1. The Morgan fingerprint density at radius 2 is 1.90 bits per heavy atom. The molecule has 0 radical (unpaired) electrons. The minimum Gasteiger partial charge on any atom is -0.327 e. The van der Waals surface area contributed by atoms with Crippen molar-refractivity contribution in [3.63, 3.8) is 0 Å². The third kappa shape index (κ3) is 5.18. The zero-order valence-corrected chi connectivity index (χ0v) is 14.0. The van der Waals surface area contributed by atoms with Crippen LogP contribution < -0.4 is 0 Å². The Bertz CT molecular complexity index is 503. The van der Waals surface area contributed by atoms with Crippen LogP contribution in [0.4, 0.5) is 13.2 Å². The van der Waals surface area contributed by atoms with Crippen LogP contribution in [0.1, 0.15) is 37.0 Å². The molecule has 0 N–H and O–H groups in total. The van der Waals surface area contributed by atoms with E-state index in [4.69, 9.17) is 11.6 Å². The molecule has 0 saturated carbocycles. The minimum absolute atomic E-state index is 0.183. The van der Waals surface area contributed by atoms with Gasteiger partial charge in [0.1, 0.15) is 6.54 Å². The van der Waals surface area contributed by atoms with Gasteiger partial charge in [0.15, 0.2) is 0 Å². The Balaban J connectivity index is 3.11. The van der Waals surface area contributed by atoms with Gasteiger partial charge >= 0.3 is 6.18 Å². The first-order valence-corrected chi connectivity index (χ1v) is 7.69. The molecule has 0 spiro atoms. The molecule has 1 aromatic rings. The number of carbonyl (C=O) groups excluding carboxylic acids is 1. The average Bonchev–Trinajstić information content (AvgIpc) is 2.40. The molecular formula is C14H16BrClF3NO. The Kier molecular flexibility index (Phi) is 6.53. The van der Waals surface area contributed by atoms with E-state index >= 15 is 0 Å². The van der Waals surface area contributed by atoms with E-state index in [2.05, 4.69) is 15.9 Å². The van der Waals surface area contributed by atoms with Crippen LogP contribution in [0.3, 0.4) is 0 Å². The molecule has 21 heavy (non-hydrogen) atoms. The standard InChI is InChI=1S/C14H16BrClF3NO/c1-3-10(4-2)20(8-14(17,18)19)13(21)9-5-6-12(16)11(15)7-9/h5-7,10H,3-4,8H2,1-2H3. The molecule has 1 rings (SSSR count). The van der Waals surface area contributed by atoms with Crippen LogP contribution in [0, 0.1) is 0 Å². The number of nitrogens with zero attached hydrogens (tertiary/aromatic N) is 1. The molecule has 0 fully saturated rings. The van der Waals surface area contributed by atoms with Crippen LogP contribution >= 0.6 is 27.5 Å². The number of hydrogen-bond acceptors (Lipinski definition) is 1. The number of rotatable bonds is 5. The SMILES string of the molecule is CCC(CC)N(CC(F)(F)F)C(=O)c1ccc(Cl)c(Br)c1. The molecule has 0 aliphatic carbocycles. The summed E-state index contributed by atoms with van der Waals surface area (Å²) in [5, 5.41) is 0.399. The Morgan fingerprint density at radius 3 is 2.33 bits per heavy atom. The van der Waals surface area contributed by atoms with Gasteiger partial charge in [-0.2, -0.15) is 13.2 Å². The first-order chi connectivity index (χ1) is 9.69. The number of halogens is 5. The molecule has 1 amide bonds. The van der Waals surface area contributed by atoms with Gasteiger partial charge < -0.3 is 4.90 Å². The minimum atomic E-state index is -4.43. The lowest BCUT2D eigenvalue weighted by Crippen LogP contribution is -2.45. The van der Waals surface area contributed by atoms with Gasteiger partial charge in [-0.1, -0.05) is 25.4 Å². The fourth-order valence-corrected chi connectivity index (χ4v) is 2.58. The van der Waals surface area contributed by atoms with Gasteiger partial charge in [-0.05, 0) is 47.0 Å². The van der Waals surface area contributed by atoms with Crippen LogP contribution in [0.2, 0.25) is 5.02 Å². The second-order valence-corrected chi connectivity index (χ2v) is 5.91. The number of hydrogen-bond donors (Lipinski definition) is 0. The molecule has 0 aliphatic heterocycles. The highest BCUT2D eigenvalue weighted by Gasteiger charge is 2.36. The first kappa shape index (κ1) is 18.3. The molecular weight excluding hydrogens is 371 g/mol. The molecule has 0 unspecified atom stereocenters. The zero-order chi connectivity index (χ0) is 16.2. The van der Waals surface area contributed by atoms with Crippen LogP contribution in [0.25, 0.3) is 0 Å². The Morgan fingerprint density at radius 1 is 1.33 bits per heavy atom. The molecule has 118 valence electrons. The third-order valence-corrected chi connectivity index (χ3v) is 4.37. The predicted molar refractivity (Wildman–Crippen MR) is 80.6 cm³/mol. The summed E-state index contributed by atoms with van der Waals surface area (Å²) < 4.78 is 38.7. The van der Waals surface area contributed by atoms with Gasteiger partial charge in [0.2, 0.25) is 0 Å². The van der Waals surface area contributed by atoms with E-state index in [9.17, 15) is 18.0 Å². The zero-order valence-electron chi connectivity index (χ0n) is 11.7. The fourth-order valence-electron chi connectivity index (χ4n) is 2.08. The molecule has 0 bridgehead atoms. The second-order valence-electron chi connectivity index (χ2n) is 4.65. The summed E-state index contributed by atoms with van der Waals surface area (Å²) in [5.74, 6) is -0.640. The molecule has 0 heterocycles. The molecule has 1 aromatic carbocycles. The molecule has 0 atom stereocenters. The van der Waals surface area contributed by atoms with Gasteiger partial charge in [-0.15, -0.1) is 0 Å². The predicted octanol–water partition coefficient (Wildman–Crippen LogP) is 5.30. The summed E-state index contributed by atoms with van der Waals surface area (Å²) in [7, 11) is 0. The van der Waals surface area contributed by atoms with Crippen molar-refractivity contribution >= 4 is 33.4 Å². The monoisotopic (exact) mass is 385 g/mol. The van der Waals surface area contributed by atoms with Crippen molar-refractivity contribution < 1.29 is 18.0 Å². The second kappa shape index (κ2) is 7.49. The highest BCUT2D eigenvalue weighted by molar-refractivity contribution is 9.10. The van der Waals surface area contributed by atoms with Crippen molar-refractivity contribution in [1.29, 1.82) is 0 Å². The van der Waals surface area contributed by atoms with Gasteiger partial charge in [-0.25, -0.2) is 0 Å². The maximum absolute atomic E-state index is 12.7. The van der Waals surface area contributed by atoms with Crippen LogP contribution in [-0.4, -0.2) is 29.6 Å². The van der Waals surface area contributed by atoms with Gasteiger partial charge in [-0.3, -0.25) is 4.79 Å². The lowest BCUT2D eigenvalue weighted by molar-refractivity contribution is -0.144. The van der Waals surface area contributed by atoms with E-state index in [1.807, 2.05) is 0 Å². The summed E-state index contributed by atoms with van der Waals surface area (Å²) >= 11 is 9.01. The molecule has 2 nitrogen and oxygen atoms in total. The number of amides is 1. The maximum atomic E-state index is 12.7. The van der Waals surface area contributed by atoms with Crippen LogP contribution in [0.5, 0.6) is 0 Å². The van der Waals surface area contributed by atoms with Crippen LogP contribution in [-0.2, 0) is 0 Å². The maximum Gasteiger partial charge on any atom is 0.406 e. The van der Waals surface area contributed by atoms with E-state index in [0.29, 0.717) is 22.3 Å². The van der Waals surface area contributed by atoms with Gasteiger partial charge in [0.05, 0.1) is 5.02 Å². The summed E-state index contributed by atoms with van der Waals surface area (Å²) in [5.41, 5.74) is 0.183. The lowest BCUT2D eigenvalue weighted by Gasteiger charge is -2.31. The average molecular weight is 387 g/mol. The first-order valence-electron chi connectivity index (χ1n) is 6.52. The topological polar surface area (TPSA) is 20.3 Å².